The normalized spacial score (nSPS) is 20.8. The van der Waals surface area contributed by atoms with Gasteiger partial charge < -0.3 is 5.11 Å². The van der Waals surface area contributed by atoms with Crippen molar-refractivity contribution >= 4 is 5.97 Å². The van der Waals surface area contributed by atoms with Crippen LogP contribution in [0.3, 0.4) is 0 Å². The van der Waals surface area contributed by atoms with Gasteiger partial charge in [0.15, 0.2) is 0 Å². The smallest absolute Gasteiger partial charge is 0.309 e. The summed E-state index contributed by atoms with van der Waals surface area (Å²) in [6.45, 7) is 3.91. The molecule has 0 unspecified atom stereocenters. The van der Waals surface area contributed by atoms with Gasteiger partial charge in [0.05, 0.1) is 18.0 Å². The van der Waals surface area contributed by atoms with Crippen LogP contribution < -0.4 is 0 Å². The van der Waals surface area contributed by atoms with Crippen LogP contribution in [0.1, 0.15) is 32.6 Å². The van der Waals surface area contributed by atoms with Crippen molar-refractivity contribution in [3.8, 4) is 6.07 Å². The van der Waals surface area contributed by atoms with Crippen molar-refractivity contribution in [1.29, 1.82) is 5.26 Å². The van der Waals surface area contributed by atoms with Gasteiger partial charge in [0.1, 0.15) is 0 Å². The SMILES string of the molecule is CCCC1(C(=O)O)CCN(CC#N)CC1. The second-order valence-corrected chi connectivity index (χ2v) is 4.27. The average Bonchev–Trinajstić information content (AvgIpc) is 2.21. The van der Waals surface area contributed by atoms with Crippen LogP contribution in [0.2, 0.25) is 0 Å². The maximum atomic E-state index is 11.2. The van der Waals surface area contributed by atoms with E-state index in [1.165, 1.54) is 0 Å². The third-order valence-electron chi connectivity index (χ3n) is 3.29. The van der Waals surface area contributed by atoms with Gasteiger partial charge in [-0.2, -0.15) is 5.26 Å². The molecule has 1 heterocycles. The van der Waals surface area contributed by atoms with Crippen molar-refractivity contribution in [3.05, 3.63) is 0 Å². The largest absolute Gasteiger partial charge is 0.481 e. The second-order valence-electron chi connectivity index (χ2n) is 4.27. The molecule has 1 N–H and O–H groups in total. The molecule has 4 nitrogen and oxygen atoms in total. The minimum atomic E-state index is -0.666. The molecule has 0 amide bonds. The number of rotatable bonds is 4. The second kappa shape index (κ2) is 5.13. The zero-order valence-corrected chi connectivity index (χ0v) is 9.20. The van der Waals surface area contributed by atoms with Crippen molar-refractivity contribution in [2.24, 2.45) is 5.41 Å². The van der Waals surface area contributed by atoms with Gasteiger partial charge in [-0.3, -0.25) is 9.69 Å². The van der Waals surface area contributed by atoms with Crippen LogP contribution in [0.4, 0.5) is 0 Å². The number of aliphatic carboxylic acids is 1. The Labute approximate surface area is 90.5 Å². The first-order valence-corrected chi connectivity index (χ1v) is 5.47. The summed E-state index contributed by atoms with van der Waals surface area (Å²) in [5.41, 5.74) is -0.527. The molecule has 4 heteroatoms. The molecule has 1 aliphatic heterocycles. The molecule has 0 aromatic rings. The molecule has 0 bridgehead atoms. The summed E-state index contributed by atoms with van der Waals surface area (Å²) < 4.78 is 0. The summed E-state index contributed by atoms with van der Waals surface area (Å²) in [5, 5.41) is 17.8. The average molecular weight is 210 g/mol. The summed E-state index contributed by atoms with van der Waals surface area (Å²) in [6, 6.07) is 2.10. The number of hydrogen-bond acceptors (Lipinski definition) is 3. The molecule has 0 spiro atoms. The predicted octanol–water partition coefficient (Wildman–Crippen LogP) is 1.48. The van der Waals surface area contributed by atoms with Crippen LogP contribution in [0.5, 0.6) is 0 Å². The number of carboxylic acids is 1. The van der Waals surface area contributed by atoms with Crippen molar-refractivity contribution in [2.75, 3.05) is 19.6 Å². The first-order chi connectivity index (χ1) is 7.14. The topological polar surface area (TPSA) is 64.3 Å². The van der Waals surface area contributed by atoms with E-state index in [4.69, 9.17) is 5.26 Å². The Morgan fingerprint density at radius 2 is 2.13 bits per heavy atom. The van der Waals surface area contributed by atoms with Crippen LogP contribution in [-0.2, 0) is 4.79 Å². The molecule has 0 aliphatic carbocycles. The summed E-state index contributed by atoms with van der Waals surface area (Å²) in [6.07, 6.45) is 3.02. The minimum Gasteiger partial charge on any atom is -0.481 e. The van der Waals surface area contributed by atoms with Gasteiger partial charge in [0.25, 0.3) is 0 Å². The van der Waals surface area contributed by atoms with Crippen LogP contribution in [0.15, 0.2) is 0 Å². The van der Waals surface area contributed by atoms with Crippen molar-refractivity contribution in [2.45, 2.75) is 32.6 Å². The molecule has 84 valence electrons. The Kier molecular flexibility index (Phi) is 4.10. The van der Waals surface area contributed by atoms with Gasteiger partial charge in [0.2, 0.25) is 0 Å². The molecular formula is C11H18N2O2. The molecule has 1 fully saturated rings. The summed E-state index contributed by atoms with van der Waals surface area (Å²) in [7, 11) is 0. The van der Waals surface area contributed by atoms with Crippen molar-refractivity contribution < 1.29 is 9.90 Å². The fourth-order valence-electron chi connectivity index (χ4n) is 2.29. The molecule has 1 rings (SSSR count). The van der Waals surface area contributed by atoms with E-state index in [9.17, 15) is 9.90 Å². The highest BCUT2D eigenvalue weighted by Gasteiger charge is 2.40. The Bertz CT molecular complexity index is 262. The first kappa shape index (κ1) is 12.0. The number of nitrogens with zero attached hydrogens (tertiary/aromatic N) is 2. The van der Waals surface area contributed by atoms with E-state index in [0.29, 0.717) is 19.4 Å². The molecular weight excluding hydrogens is 192 g/mol. The highest BCUT2D eigenvalue weighted by Crippen LogP contribution is 2.36. The van der Waals surface area contributed by atoms with Crippen LogP contribution in [0, 0.1) is 16.7 Å². The Morgan fingerprint density at radius 3 is 2.53 bits per heavy atom. The minimum absolute atomic E-state index is 0.418. The molecule has 0 radical (unpaired) electrons. The zero-order valence-electron chi connectivity index (χ0n) is 9.20. The lowest BCUT2D eigenvalue weighted by Crippen LogP contribution is -2.44. The highest BCUT2D eigenvalue weighted by molar-refractivity contribution is 5.74. The fourth-order valence-corrected chi connectivity index (χ4v) is 2.29. The van der Waals surface area contributed by atoms with Crippen molar-refractivity contribution in [1.82, 2.24) is 4.90 Å². The number of carbonyl (C=O) groups is 1. The third-order valence-corrected chi connectivity index (χ3v) is 3.29. The number of hydrogen-bond donors (Lipinski definition) is 1. The Morgan fingerprint density at radius 1 is 1.53 bits per heavy atom. The quantitative estimate of drug-likeness (QED) is 0.714. The maximum absolute atomic E-state index is 11.2. The maximum Gasteiger partial charge on any atom is 0.309 e. The van der Waals surface area contributed by atoms with Gasteiger partial charge in [-0.15, -0.1) is 0 Å². The van der Waals surface area contributed by atoms with Crippen molar-refractivity contribution in [3.63, 3.8) is 0 Å². The fraction of sp³-hybridized carbons (Fsp3) is 0.818. The predicted molar refractivity (Wildman–Crippen MR) is 56.3 cm³/mol. The van der Waals surface area contributed by atoms with E-state index in [-0.39, 0.29) is 0 Å². The number of nitriles is 1. The Balaban J connectivity index is 2.58. The number of piperidine rings is 1. The lowest BCUT2D eigenvalue weighted by Gasteiger charge is -2.37. The van der Waals surface area contributed by atoms with Gasteiger partial charge >= 0.3 is 5.97 Å². The molecule has 1 saturated heterocycles. The first-order valence-electron chi connectivity index (χ1n) is 5.47. The molecule has 15 heavy (non-hydrogen) atoms. The molecule has 0 atom stereocenters. The third kappa shape index (κ3) is 2.69. The van der Waals surface area contributed by atoms with Gasteiger partial charge in [-0.25, -0.2) is 0 Å². The lowest BCUT2D eigenvalue weighted by atomic mass is 9.75. The Hall–Kier alpha value is -1.08. The van der Waals surface area contributed by atoms with E-state index in [0.717, 1.165) is 25.9 Å². The number of likely N-dealkylation sites (tertiary alicyclic amines) is 1. The standard InChI is InChI=1S/C11H18N2O2/c1-2-3-11(10(14)15)4-7-13(8-5-11)9-6-12/h2-5,7-9H2,1H3,(H,14,15). The molecule has 0 aromatic carbocycles. The van der Waals surface area contributed by atoms with Gasteiger partial charge in [0, 0.05) is 13.1 Å². The lowest BCUT2D eigenvalue weighted by molar-refractivity contribution is -0.152. The van der Waals surface area contributed by atoms with E-state index >= 15 is 0 Å². The van der Waals surface area contributed by atoms with Gasteiger partial charge in [-0.1, -0.05) is 13.3 Å². The molecule has 0 saturated carbocycles. The highest BCUT2D eigenvalue weighted by atomic mass is 16.4. The van der Waals surface area contributed by atoms with E-state index in [2.05, 4.69) is 6.07 Å². The van der Waals surface area contributed by atoms with E-state index < -0.39 is 11.4 Å². The van der Waals surface area contributed by atoms with E-state index in [1.54, 1.807) is 0 Å². The monoisotopic (exact) mass is 210 g/mol. The van der Waals surface area contributed by atoms with Crippen LogP contribution >= 0.6 is 0 Å². The summed E-state index contributed by atoms with van der Waals surface area (Å²) >= 11 is 0. The summed E-state index contributed by atoms with van der Waals surface area (Å²) in [4.78, 5) is 13.3. The van der Waals surface area contributed by atoms with Crippen LogP contribution in [-0.4, -0.2) is 35.6 Å². The van der Waals surface area contributed by atoms with E-state index in [1.807, 2.05) is 11.8 Å². The molecule has 0 aromatic heterocycles. The van der Waals surface area contributed by atoms with Gasteiger partial charge in [-0.05, 0) is 19.3 Å². The molecule has 1 aliphatic rings. The van der Waals surface area contributed by atoms with Crippen LogP contribution in [0.25, 0.3) is 0 Å². The summed E-state index contributed by atoms with van der Waals surface area (Å²) in [5.74, 6) is -0.666. The zero-order chi connectivity index (χ0) is 11.3. The number of carboxylic acid groups (broad SMARTS) is 1.